The summed E-state index contributed by atoms with van der Waals surface area (Å²) in [5, 5.41) is 0. The predicted octanol–water partition coefficient (Wildman–Crippen LogP) is 1.21. The minimum atomic E-state index is 0.633. The van der Waals surface area contributed by atoms with Crippen molar-refractivity contribution < 1.29 is 4.74 Å². The monoisotopic (exact) mass is 256 g/mol. The molecule has 1 atom stereocenters. The Morgan fingerprint density at radius 1 is 1.44 bits per heavy atom. The first-order valence-corrected chi connectivity index (χ1v) is 6.94. The van der Waals surface area contributed by atoms with Crippen LogP contribution in [-0.4, -0.2) is 44.2 Å². The van der Waals surface area contributed by atoms with E-state index < -0.39 is 0 Å². The number of methoxy groups -OCH3 is 1. The van der Waals surface area contributed by atoms with Crippen molar-refractivity contribution in [2.24, 2.45) is 22.7 Å². The largest absolute Gasteiger partial charge is 0.383 e. The number of hydrogen-bond acceptors (Lipinski definition) is 3. The van der Waals surface area contributed by atoms with Crippen LogP contribution in [0.25, 0.3) is 0 Å². The molecule has 0 spiro atoms. The second-order valence-corrected chi connectivity index (χ2v) is 5.26. The van der Waals surface area contributed by atoms with Crippen molar-refractivity contribution in [1.29, 1.82) is 0 Å². The number of likely N-dealkylation sites (tertiary alicyclic amines) is 1. The highest BCUT2D eigenvalue weighted by molar-refractivity contribution is 5.79. The van der Waals surface area contributed by atoms with Crippen molar-refractivity contribution >= 4 is 5.96 Å². The number of ether oxygens (including phenoxy) is 1. The van der Waals surface area contributed by atoms with Crippen molar-refractivity contribution in [1.82, 2.24) is 10.3 Å². The molecule has 1 fully saturated rings. The Hall–Kier alpha value is -0.810. The van der Waals surface area contributed by atoms with Gasteiger partial charge in [-0.1, -0.05) is 13.8 Å². The molecule has 0 bridgehead atoms. The van der Waals surface area contributed by atoms with E-state index in [1.165, 1.54) is 19.3 Å². The zero-order valence-corrected chi connectivity index (χ0v) is 12.0. The molecule has 3 N–H and O–H groups in total. The van der Waals surface area contributed by atoms with Crippen LogP contribution in [0.1, 0.15) is 33.1 Å². The Bertz CT molecular complexity index is 255. The molecule has 1 unspecified atom stereocenters. The van der Waals surface area contributed by atoms with Crippen LogP contribution in [0.5, 0.6) is 0 Å². The Labute approximate surface area is 111 Å². The third-order valence-electron chi connectivity index (χ3n) is 3.70. The molecule has 0 aromatic heterocycles. The van der Waals surface area contributed by atoms with Gasteiger partial charge in [-0.25, -0.2) is 10.8 Å². The number of nitrogens with one attached hydrogen (secondary N) is 1. The molecule has 0 aromatic rings. The normalized spacial score (nSPS) is 22.2. The van der Waals surface area contributed by atoms with Crippen LogP contribution in [0.4, 0.5) is 0 Å². The van der Waals surface area contributed by atoms with E-state index in [-0.39, 0.29) is 0 Å². The predicted molar refractivity (Wildman–Crippen MR) is 75.3 cm³/mol. The molecule has 1 saturated heterocycles. The Morgan fingerprint density at radius 2 is 2.22 bits per heavy atom. The third kappa shape index (κ3) is 4.82. The van der Waals surface area contributed by atoms with E-state index in [0.717, 1.165) is 30.9 Å². The van der Waals surface area contributed by atoms with Gasteiger partial charge >= 0.3 is 0 Å². The average Bonchev–Trinajstić information content (AvgIpc) is 2.60. The fourth-order valence-electron chi connectivity index (χ4n) is 2.48. The van der Waals surface area contributed by atoms with E-state index >= 15 is 0 Å². The smallest absolute Gasteiger partial charge is 0.208 e. The molecule has 5 heteroatoms. The standard InChI is InChI=1S/C13H28N4O/c1-11(2)12-5-4-8-17(9-6-12)13(16-14)15-7-10-18-3/h11-12H,4-10,14H2,1-3H3,(H,15,16). The molecule has 1 rings (SSSR count). The molecule has 0 aromatic carbocycles. The van der Waals surface area contributed by atoms with Gasteiger partial charge in [0, 0.05) is 20.2 Å². The zero-order valence-electron chi connectivity index (χ0n) is 12.0. The molecule has 106 valence electrons. The van der Waals surface area contributed by atoms with Gasteiger partial charge in [0.15, 0.2) is 0 Å². The van der Waals surface area contributed by atoms with Gasteiger partial charge in [-0.15, -0.1) is 0 Å². The van der Waals surface area contributed by atoms with Gasteiger partial charge in [0.2, 0.25) is 5.96 Å². The summed E-state index contributed by atoms with van der Waals surface area (Å²) < 4.78 is 5.00. The average molecular weight is 256 g/mol. The number of nitrogens with zero attached hydrogens (tertiary/aromatic N) is 2. The maximum absolute atomic E-state index is 5.57. The lowest BCUT2D eigenvalue weighted by atomic mass is 9.89. The minimum absolute atomic E-state index is 0.633. The molecular weight excluding hydrogens is 228 g/mol. The van der Waals surface area contributed by atoms with Gasteiger partial charge in [0.1, 0.15) is 0 Å². The topological polar surface area (TPSA) is 62.9 Å². The first kappa shape index (κ1) is 15.2. The van der Waals surface area contributed by atoms with E-state index in [1.807, 2.05) is 0 Å². The molecule has 18 heavy (non-hydrogen) atoms. The SMILES string of the molecule is COCCN=C(NN)N1CCCC(C(C)C)CC1. The van der Waals surface area contributed by atoms with E-state index in [9.17, 15) is 0 Å². The van der Waals surface area contributed by atoms with Crippen LogP contribution in [0, 0.1) is 11.8 Å². The number of nitrogens with two attached hydrogens (primary N) is 1. The fourth-order valence-corrected chi connectivity index (χ4v) is 2.48. The maximum Gasteiger partial charge on any atom is 0.208 e. The molecule has 1 aliphatic heterocycles. The van der Waals surface area contributed by atoms with E-state index in [1.54, 1.807) is 7.11 Å². The molecule has 0 radical (unpaired) electrons. The van der Waals surface area contributed by atoms with Crippen LogP contribution < -0.4 is 11.3 Å². The van der Waals surface area contributed by atoms with Gasteiger partial charge in [-0.3, -0.25) is 5.43 Å². The van der Waals surface area contributed by atoms with Crippen LogP contribution in [0.3, 0.4) is 0 Å². The molecule has 1 heterocycles. The van der Waals surface area contributed by atoms with Crippen molar-refractivity contribution in [3.05, 3.63) is 0 Å². The summed E-state index contributed by atoms with van der Waals surface area (Å²) in [5.41, 5.74) is 2.72. The summed E-state index contributed by atoms with van der Waals surface area (Å²) in [6, 6.07) is 0. The summed E-state index contributed by atoms with van der Waals surface area (Å²) in [5.74, 6) is 7.97. The lowest BCUT2D eigenvalue weighted by Gasteiger charge is -2.24. The highest BCUT2D eigenvalue weighted by Crippen LogP contribution is 2.24. The van der Waals surface area contributed by atoms with Crippen LogP contribution in [-0.2, 0) is 4.74 Å². The number of hydrazine groups is 1. The van der Waals surface area contributed by atoms with Crippen LogP contribution in [0.15, 0.2) is 4.99 Å². The lowest BCUT2D eigenvalue weighted by molar-refractivity contribution is 0.207. The highest BCUT2D eigenvalue weighted by atomic mass is 16.5. The van der Waals surface area contributed by atoms with Crippen molar-refractivity contribution in [2.75, 3.05) is 33.4 Å². The second kappa shape index (κ2) is 8.32. The first-order chi connectivity index (χ1) is 8.69. The minimum Gasteiger partial charge on any atom is -0.383 e. The van der Waals surface area contributed by atoms with Crippen molar-refractivity contribution in [2.45, 2.75) is 33.1 Å². The Kier molecular flexibility index (Phi) is 7.05. The first-order valence-electron chi connectivity index (χ1n) is 6.94. The number of guanidine groups is 1. The Morgan fingerprint density at radius 3 is 2.83 bits per heavy atom. The lowest BCUT2D eigenvalue weighted by Crippen LogP contribution is -2.45. The number of rotatable bonds is 4. The summed E-state index contributed by atoms with van der Waals surface area (Å²) in [7, 11) is 1.68. The van der Waals surface area contributed by atoms with Gasteiger partial charge in [0.05, 0.1) is 13.2 Å². The van der Waals surface area contributed by atoms with Crippen LogP contribution >= 0.6 is 0 Å². The van der Waals surface area contributed by atoms with E-state index in [2.05, 4.69) is 29.2 Å². The van der Waals surface area contributed by atoms with E-state index in [0.29, 0.717) is 13.2 Å². The number of aliphatic imine (C=N–C) groups is 1. The van der Waals surface area contributed by atoms with Gasteiger partial charge < -0.3 is 9.64 Å². The molecule has 5 nitrogen and oxygen atoms in total. The summed E-state index contributed by atoms with van der Waals surface area (Å²) in [6.07, 6.45) is 3.75. The molecular formula is C13H28N4O. The maximum atomic E-state index is 5.57. The Balaban J connectivity index is 2.51. The quantitative estimate of drug-likeness (QED) is 0.261. The molecule has 1 aliphatic rings. The fraction of sp³-hybridized carbons (Fsp3) is 0.923. The van der Waals surface area contributed by atoms with Crippen molar-refractivity contribution in [3.63, 3.8) is 0 Å². The second-order valence-electron chi connectivity index (χ2n) is 5.26. The number of hydrogen-bond donors (Lipinski definition) is 2. The van der Waals surface area contributed by atoms with Crippen molar-refractivity contribution in [3.8, 4) is 0 Å². The summed E-state index contributed by atoms with van der Waals surface area (Å²) in [6.45, 7) is 8.00. The van der Waals surface area contributed by atoms with E-state index in [4.69, 9.17) is 10.6 Å². The molecule has 0 saturated carbocycles. The molecule has 0 amide bonds. The third-order valence-corrected chi connectivity index (χ3v) is 3.70. The van der Waals surface area contributed by atoms with Gasteiger partial charge in [-0.2, -0.15) is 0 Å². The zero-order chi connectivity index (χ0) is 13.4. The van der Waals surface area contributed by atoms with Crippen LogP contribution in [0.2, 0.25) is 0 Å². The molecule has 0 aliphatic carbocycles. The summed E-state index contributed by atoms with van der Waals surface area (Å²) >= 11 is 0. The van der Waals surface area contributed by atoms with Gasteiger partial charge in [-0.05, 0) is 31.1 Å². The highest BCUT2D eigenvalue weighted by Gasteiger charge is 2.20. The van der Waals surface area contributed by atoms with Gasteiger partial charge in [0.25, 0.3) is 0 Å². The summed E-state index contributed by atoms with van der Waals surface area (Å²) in [4.78, 5) is 6.71.